The Morgan fingerprint density at radius 1 is 1.03 bits per heavy atom. The number of amidine groups is 1. The predicted molar refractivity (Wildman–Crippen MR) is 132 cm³/mol. The van der Waals surface area contributed by atoms with Crippen LogP contribution in [0.2, 0.25) is 5.02 Å². The van der Waals surface area contributed by atoms with Crippen molar-refractivity contribution >= 4 is 39.4 Å². The Labute approximate surface area is 200 Å². The summed E-state index contributed by atoms with van der Waals surface area (Å²) in [6.07, 6.45) is 7.76. The van der Waals surface area contributed by atoms with E-state index < -0.39 is 0 Å². The number of aromatic nitrogens is 4. The van der Waals surface area contributed by atoms with Gasteiger partial charge in [-0.3, -0.25) is 15.0 Å². The van der Waals surface area contributed by atoms with E-state index in [1.807, 2.05) is 30.6 Å². The van der Waals surface area contributed by atoms with Crippen LogP contribution >= 0.6 is 11.6 Å². The molecule has 5 aromatic rings. The first kappa shape index (κ1) is 20.3. The highest BCUT2D eigenvalue weighted by Gasteiger charge is 2.17. The molecule has 7 nitrogen and oxygen atoms in total. The van der Waals surface area contributed by atoms with E-state index in [-0.39, 0.29) is 0 Å². The maximum absolute atomic E-state index is 9.28. The Hall–Kier alpha value is -4.28. The van der Waals surface area contributed by atoms with Gasteiger partial charge in [-0.2, -0.15) is 5.26 Å². The minimum Gasteiger partial charge on any atom is -0.366 e. The Morgan fingerprint density at radius 3 is 2.88 bits per heavy atom. The Kier molecular flexibility index (Phi) is 4.93. The summed E-state index contributed by atoms with van der Waals surface area (Å²) in [6.45, 7) is 1.17. The SMILES string of the molecule is N#Cc1c[nH]c2ncc(CNC3=NCc4cnc(Cc5ccc6ncc(Cl)cc6c5)cc43)cc12. The van der Waals surface area contributed by atoms with Crippen LogP contribution in [0.25, 0.3) is 21.9 Å². The second kappa shape index (κ2) is 8.25. The van der Waals surface area contributed by atoms with Crippen molar-refractivity contribution in [1.82, 2.24) is 25.3 Å². The number of fused-ring (bicyclic) bond motifs is 3. The third kappa shape index (κ3) is 3.74. The van der Waals surface area contributed by atoms with Crippen molar-refractivity contribution in [2.24, 2.45) is 4.99 Å². The lowest BCUT2D eigenvalue weighted by molar-refractivity contribution is 0.906. The van der Waals surface area contributed by atoms with Gasteiger partial charge in [0.2, 0.25) is 0 Å². The van der Waals surface area contributed by atoms with Gasteiger partial charge in [-0.1, -0.05) is 17.7 Å². The van der Waals surface area contributed by atoms with Gasteiger partial charge in [-0.25, -0.2) is 4.98 Å². The van der Waals surface area contributed by atoms with E-state index in [9.17, 15) is 5.26 Å². The quantitative estimate of drug-likeness (QED) is 0.403. The lowest BCUT2D eigenvalue weighted by atomic mass is 10.0. The highest BCUT2D eigenvalue weighted by atomic mass is 35.5. The summed E-state index contributed by atoms with van der Waals surface area (Å²) < 4.78 is 0. The van der Waals surface area contributed by atoms with Crippen molar-refractivity contribution in [2.75, 3.05) is 0 Å². The van der Waals surface area contributed by atoms with E-state index >= 15 is 0 Å². The van der Waals surface area contributed by atoms with Crippen LogP contribution in [0.3, 0.4) is 0 Å². The highest BCUT2D eigenvalue weighted by molar-refractivity contribution is 6.31. The average Bonchev–Trinajstić information content (AvgIpc) is 3.45. The number of hydrogen-bond acceptors (Lipinski definition) is 6. The molecule has 1 aromatic carbocycles. The van der Waals surface area contributed by atoms with Gasteiger partial charge in [0.25, 0.3) is 0 Å². The largest absolute Gasteiger partial charge is 0.366 e. The van der Waals surface area contributed by atoms with E-state index in [2.05, 4.69) is 54.5 Å². The first-order chi connectivity index (χ1) is 16.7. The van der Waals surface area contributed by atoms with Gasteiger partial charge >= 0.3 is 0 Å². The zero-order chi connectivity index (χ0) is 23.1. The van der Waals surface area contributed by atoms with Crippen LogP contribution < -0.4 is 5.32 Å². The molecule has 0 saturated carbocycles. The predicted octanol–water partition coefficient (Wildman–Crippen LogP) is 4.67. The van der Waals surface area contributed by atoms with Crippen LogP contribution in [0.4, 0.5) is 0 Å². The number of aromatic amines is 1. The number of benzene rings is 1. The minimum atomic E-state index is 0.563. The van der Waals surface area contributed by atoms with Crippen LogP contribution in [-0.4, -0.2) is 25.8 Å². The molecule has 0 saturated heterocycles. The molecule has 1 aliphatic rings. The molecule has 0 fully saturated rings. The summed E-state index contributed by atoms with van der Waals surface area (Å²) in [5.74, 6) is 0.850. The Bertz CT molecular complexity index is 1640. The molecular formula is C26H18ClN7. The number of halogens is 1. The van der Waals surface area contributed by atoms with Gasteiger partial charge in [0, 0.05) is 65.3 Å². The lowest BCUT2D eigenvalue weighted by Crippen LogP contribution is -2.23. The molecule has 34 heavy (non-hydrogen) atoms. The number of nitrogens with zero attached hydrogens (tertiary/aromatic N) is 5. The molecule has 2 N–H and O–H groups in total. The molecule has 1 aliphatic heterocycles. The normalized spacial score (nSPS) is 12.5. The maximum Gasteiger partial charge on any atom is 0.138 e. The lowest BCUT2D eigenvalue weighted by Gasteiger charge is -2.10. The highest BCUT2D eigenvalue weighted by Crippen LogP contribution is 2.23. The number of nitriles is 1. The summed E-state index contributed by atoms with van der Waals surface area (Å²) >= 11 is 6.11. The third-order valence-electron chi connectivity index (χ3n) is 5.97. The number of aliphatic imine (C=N–C) groups is 1. The van der Waals surface area contributed by atoms with Gasteiger partial charge in [-0.05, 0) is 41.5 Å². The van der Waals surface area contributed by atoms with E-state index in [1.54, 1.807) is 12.4 Å². The Morgan fingerprint density at radius 2 is 1.97 bits per heavy atom. The maximum atomic E-state index is 9.28. The first-order valence-corrected chi connectivity index (χ1v) is 11.2. The fourth-order valence-electron chi connectivity index (χ4n) is 4.27. The minimum absolute atomic E-state index is 0.563. The Balaban J connectivity index is 1.21. The molecule has 5 heterocycles. The first-order valence-electron chi connectivity index (χ1n) is 10.8. The summed E-state index contributed by atoms with van der Waals surface area (Å²) in [7, 11) is 0. The smallest absolute Gasteiger partial charge is 0.138 e. The fraction of sp³-hybridized carbons (Fsp3) is 0.115. The summed E-state index contributed by atoms with van der Waals surface area (Å²) in [6, 6.07) is 14.4. The molecule has 0 amide bonds. The second-order valence-corrected chi connectivity index (χ2v) is 8.70. The molecular weight excluding hydrogens is 446 g/mol. The van der Waals surface area contributed by atoms with Crippen LogP contribution in [0, 0.1) is 11.3 Å². The zero-order valence-corrected chi connectivity index (χ0v) is 18.8. The fourth-order valence-corrected chi connectivity index (χ4v) is 4.43. The van der Waals surface area contributed by atoms with Gasteiger partial charge < -0.3 is 10.3 Å². The van der Waals surface area contributed by atoms with Crippen molar-refractivity contribution in [3.8, 4) is 6.07 Å². The zero-order valence-electron chi connectivity index (χ0n) is 18.0. The van der Waals surface area contributed by atoms with Crippen molar-refractivity contribution in [3.63, 3.8) is 0 Å². The van der Waals surface area contributed by atoms with E-state index in [1.165, 1.54) is 0 Å². The monoisotopic (exact) mass is 463 g/mol. The molecule has 0 unspecified atom stereocenters. The number of nitrogens with one attached hydrogen (secondary N) is 2. The van der Waals surface area contributed by atoms with Crippen molar-refractivity contribution in [1.29, 1.82) is 5.26 Å². The summed E-state index contributed by atoms with van der Waals surface area (Å²) in [5.41, 5.74) is 7.50. The molecule has 0 radical (unpaired) electrons. The topological polar surface area (TPSA) is 103 Å². The molecule has 4 aromatic heterocycles. The number of hydrogen-bond donors (Lipinski definition) is 2. The summed E-state index contributed by atoms with van der Waals surface area (Å²) in [5, 5.41) is 15.2. The molecule has 0 bridgehead atoms. The van der Waals surface area contributed by atoms with Crippen LogP contribution in [-0.2, 0) is 19.5 Å². The molecule has 6 rings (SSSR count). The second-order valence-electron chi connectivity index (χ2n) is 8.26. The van der Waals surface area contributed by atoms with Crippen LogP contribution in [0.15, 0.2) is 66.2 Å². The summed E-state index contributed by atoms with van der Waals surface area (Å²) in [4.78, 5) is 21.1. The van der Waals surface area contributed by atoms with Gasteiger partial charge in [-0.15, -0.1) is 0 Å². The van der Waals surface area contributed by atoms with E-state index in [0.717, 1.165) is 50.1 Å². The standard InChI is InChI=1S/C26H18ClN7/c27-20-6-17-3-15(1-2-24(17)30-14-20)4-21-7-23-19(12-29-21)13-34-26(23)32-10-16-5-22-18(8-28)11-33-25(22)31-9-16/h1-3,5-7,9,11-12,14H,4,10,13H2,(H,31,33)(H,32,34). The molecule has 164 valence electrons. The van der Waals surface area contributed by atoms with Gasteiger partial charge in [0.15, 0.2) is 0 Å². The van der Waals surface area contributed by atoms with Crippen molar-refractivity contribution in [3.05, 3.63) is 99.7 Å². The third-order valence-corrected chi connectivity index (χ3v) is 6.18. The molecule has 0 spiro atoms. The van der Waals surface area contributed by atoms with Crippen molar-refractivity contribution < 1.29 is 0 Å². The van der Waals surface area contributed by atoms with E-state index in [0.29, 0.717) is 35.7 Å². The van der Waals surface area contributed by atoms with E-state index in [4.69, 9.17) is 11.6 Å². The molecule has 0 aliphatic carbocycles. The van der Waals surface area contributed by atoms with Gasteiger partial charge in [0.1, 0.15) is 17.6 Å². The van der Waals surface area contributed by atoms with Crippen LogP contribution in [0.1, 0.15) is 33.5 Å². The number of pyridine rings is 3. The average molecular weight is 464 g/mol. The molecule has 0 atom stereocenters. The van der Waals surface area contributed by atoms with Gasteiger partial charge in [0.05, 0.1) is 22.6 Å². The van der Waals surface area contributed by atoms with Crippen molar-refractivity contribution in [2.45, 2.75) is 19.5 Å². The number of H-pyrrole nitrogens is 1. The number of rotatable bonds is 4. The van der Waals surface area contributed by atoms with Crippen LogP contribution in [0.5, 0.6) is 0 Å². The molecule has 8 heteroatoms.